The Morgan fingerprint density at radius 2 is 1.38 bits per heavy atom. The maximum Gasteiger partial charge on any atom is 0.257 e. The summed E-state index contributed by atoms with van der Waals surface area (Å²) in [5.74, 6) is -5.76. The van der Waals surface area contributed by atoms with Crippen LogP contribution in [-0.4, -0.2) is 131 Å². The number of carbonyl (C=O) groups is 8. The predicted molar refractivity (Wildman–Crippen MR) is 255 cm³/mol. The number of likely N-dealkylation sites (N-methyl/N-ethyl adjacent to an activating group) is 2. The Morgan fingerprint density at radius 3 is 1.99 bits per heavy atom. The van der Waals surface area contributed by atoms with E-state index in [0.717, 1.165) is 35.5 Å². The fourth-order valence-corrected chi connectivity index (χ4v) is 8.03. The first-order valence-electron chi connectivity index (χ1n) is 24.0. The standard InChI is InChI=1S/C49H74N8O11/c1-5-6-7-8-9-10-11-12-13-14-15-16-17-21-41(62)56(3)38(31-59)47(66)55-44(50)49(68)52-30-42(63)57(4)43-34-23-25-40(61)36(29-34)35-28-33(22-24-39(35)60)19-18-20-37(46(65)51-26-27-58)54-45(64)32(2)53-48(43)67/h22-25,27-29,32,37-38,43-44,59-61H,5-21,26,30-31,50H2,1-4H3,(H,51,65)(H,52,68)(H,53,67)(H,54,64)(H,55,66)/t32-,37-,38+,43-,44-/m0/s1. The Bertz CT molecular complexity index is 2020. The summed E-state index contributed by atoms with van der Waals surface area (Å²) in [6, 6.07) is 3.59. The van der Waals surface area contributed by atoms with Gasteiger partial charge in [0.25, 0.3) is 5.91 Å². The molecule has 2 aromatic rings. The van der Waals surface area contributed by atoms with Gasteiger partial charge in [-0.05, 0) is 68.0 Å². The summed E-state index contributed by atoms with van der Waals surface area (Å²) in [5.41, 5.74) is 7.16. The van der Waals surface area contributed by atoms with Gasteiger partial charge in [-0.15, -0.1) is 0 Å². The van der Waals surface area contributed by atoms with Crippen molar-refractivity contribution in [3.8, 4) is 22.6 Å². The molecule has 10 N–H and O–H groups in total. The molecule has 7 amide bonds. The van der Waals surface area contributed by atoms with Crippen molar-refractivity contribution in [1.29, 1.82) is 0 Å². The first kappa shape index (κ1) is 56.2. The number of carbonyl (C=O) groups excluding carboxylic acids is 8. The average Bonchev–Trinajstić information content (AvgIpc) is 3.31. The number of aliphatic hydroxyl groups is 1. The summed E-state index contributed by atoms with van der Waals surface area (Å²) in [6.07, 6.45) is 14.8. The molecule has 2 aromatic carbocycles. The van der Waals surface area contributed by atoms with Crippen molar-refractivity contribution >= 4 is 47.6 Å². The number of aromatic hydroxyl groups is 2. The molecule has 5 atom stereocenters. The van der Waals surface area contributed by atoms with E-state index >= 15 is 0 Å². The SMILES string of the molecule is CCCCCCCCCCCCCCCC(=O)N(C)[C@H](CO)C(=O)N[C@H](N)C(=O)NCC(=O)N(C)[C@@H]1C(=O)N[C@@H](C)C(=O)N[C@H](C(=O)NCC=O)CCCc2ccc(O)c(c2)-c2cc1ccc2O. The number of nitrogens with zero attached hydrogens (tertiary/aromatic N) is 2. The molecule has 376 valence electrons. The van der Waals surface area contributed by atoms with Gasteiger partial charge in [0.05, 0.1) is 19.7 Å². The number of unbranched alkanes of at least 4 members (excludes halogenated alkanes) is 12. The number of aryl methyl sites for hydroxylation is 1. The van der Waals surface area contributed by atoms with Crippen LogP contribution in [0.15, 0.2) is 36.4 Å². The molecule has 68 heavy (non-hydrogen) atoms. The number of nitrogens with one attached hydrogen (secondary N) is 5. The molecule has 0 saturated carbocycles. The highest BCUT2D eigenvalue weighted by molar-refractivity contribution is 5.96. The Kier molecular flexibility index (Phi) is 24.5. The number of aliphatic hydroxyl groups excluding tert-OH is 1. The summed E-state index contributed by atoms with van der Waals surface area (Å²) in [5, 5.41) is 44.1. The Labute approximate surface area is 399 Å². The van der Waals surface area contributed by atoms with E-state index in [1.54, 1.807) is 12.1 Å². The Hall–Kier alpha value is -6.08. The summed E-state index contributed by atoms with van der Waals surface area (Å²) >= 11 is 0. The van der Waals surface area contributed by atoms with Gasteiger partial charge < -0.3 is 62.2 Å². The lowest BCUT2D eigenvalue weighted by molar-refractivity contribution is -0.142. The molecule has 1 aliphatic heterocycles. The van der Waals surface area contributed by atoms with E-state index in [1.807, 2.05) is 0 Å². The summed E-state index contributed by atoms with van der Waals surface area (Å²) in [4.78, 5) is 106. The second-order valence-corrected chi connectivity index (χ2v) is 17.5. The van der Waals surface area contributed by atoms with E-state index < -0.39 is 78.9 Å². The summed E-state index contributed by atoms with van der Waals surface area (Å²) < 4.78 is 0. The minimum absolute atomic E-state index is 0.118. The molecule has 19 heteroatoms. The van der Waals surface area contributed by atoms with Crippen LogP contribution in [0.4, 0.5) is 0 Å². The van der Waals surface area contributed by atoms with Crippen LogP contribution in [0, 0.1) is 0 Å². The van der Waals surface area contributed by atoms with Gasteiger partial charge >= 0.3 is 0 Å². The van der Waals surface area contributed by atoms with Crippen LogP contribution < -0.4 is 32.3 Å². The van der Waals surface area contributed by atoms with E-state index in [2.05, 4.69) is 33.5 Å². The normalized spacial score (nSPS) is 17.1. The lowest BCUT2D eigenvalue weighted by atomic mass is 9.94. The molecule has 19 nitrogen and oxygen atoms in total. The van der Waals surface area contributed by atoms with Gasteiger partial charge in [0, 0.05) is 31.6 Å². The Balaban J connectivity index is 1.66. The Morgan fingerprint density at radius 1 is 0.794 bits per heavy atom. The number of rotatable bonds is 25. The number of hydrogen-bond donors (Lipinski definition) is 9. The zero-order valence-electron chi connectivity index (χ0n) is 40.1. The van der Waals surface area contributed by atoms with Crippen molar-refractivity contribution in [2.24, 2.45) is 5.73 Å². The lowest BCUT2D eigenvalue weighted by Gasteiger charge is -2.30. The number of fused-ring (bicyclic) bond motifs is 5. The van der Waals surface area contributed by atoms with E-state index in [4.69, 9.17) is 5.73 Å². The molecule has 1 heterocycles. The maximum absolute atomic E-state index is 14.1. The van der Waals surface area contributed by atoms with E-state index in [0.29, 0.717) is 31.1 Å². The zero-order valence-corrected chi connectivity index (χ0v) is 40.1. The van der Waals surface area contributed by atoms with Gasteiger partial charge in [0.1, 0.15) is 42.0 Å². The van der Waals surface area contributed by atoms with Crippen molar-refractivity contribution in [1.82, 2.24) is 36.4 Å². The van der Waals surface area contributed by atoms with Crippen molar-refractivity contribution in [3.05, 3.63) is 47.5 Å². The summed E-state index contributed by atoms with van der Waals surface area (Å²) in [7, 11) is 2.64. The highest BCUT2D eigenvalue weighted by atomic mass is 16.3. The van der Waals surface area contributed by atoms with Crippen LogP contribution in [0.3, 0.4) is 0 Å². The molecule has 0 aromatic heterocycles. The first-order chi connectivity index (χ1) is 32.5. The van der Waals surface area contributed by atoms with E-state index in [9.17, 15) is 53.7 Å². The molecular formula is C49H74N8O11. The number of phenolic OH excluding ortho intramolecular Hbond substituents is 2. The molecule has 0 spiro atoms. The monoisotopic (exact) mass is 951 g/mol. The number of amides is 7. The molecule has 1 aliphatic rings. The van der Waals surface area contributed by atoms with Crippen molar-refractivity contribution in [2.75, 3.05) is 33.8 Å². The zero-order chi connectivity index (χ0) is 50.2. The van der Waals surface area contributed by atoms with Gasteiger partial charge in [-0.2, -0.15) is 0 Å². The molecule has 0 fully saturated rings. The van der Waals surface area contributed by atoms with Crippen molar-refractivity contribution in [2.45, 2.75) is 153 Å². The van der Waals surface area contributed by atoms with Gasteiger partial charge in [-0.1, -0.05) is 96.1 Å². The third-order valence-corrected chi connectivity index (χ3v) is 12.2. The van der Waals surface area contributed by atoms with Crippen LogP contribution in [0.5, 0.6) is 11.5 Å². The molecule has 0 radical (unpaired) electrons. The topological polar surface area (TPSA) is 290 Å². The largest absolute Gasteiger partial charge is 0.507 e. The molecule has 0 saturated heterocycles. The molecule has 0 aliphatic carbocycles. The molecular weight excluding hydrogens is 877 g/mol. The fraction of sp³-hybridized carbons (Fsp3) is 0.592. The number of benzene rings is 2. The third kappa shape index (κ3) is 17.9. The highest BCUT2D eigenvalue weighted by Crippen LogP contribution is 2.38. The smallest absolute Gasteiger partial charge is 0.257 e. The van der Waals surface area contributed by atoms with Gasteiger partial charge in [-0.3, -0.25) is 33.6 Å². The third-order valence-electron chi connectivity index (χ3n) is 12.2. The number of aldehydes is 1. The number of phenols is 2. The van der Waals surface area contributed by atoms with Gasteiger partial charge in [0.15, 0.2) is 6.17 Å². The molecule has 0 unspecified atom stereocenters. The van der Waals surface area contributed by atoms with Crippen LogP contribution in [-0.2, 0) is 44.8 Å². The van der Waals surface area contributed by atoms with Gasteiger partial charge in [-0.25, -0.2) is 0 Å². The van der Waals surface area contributed by atoms with Crippen LogP contribution >= 0.6 is 0 Å². The van der Waals surface area contributed by atoms with Crippen LogP contribution in [0.1, 0.15) is 134 Å². The van der Waals surface area contributed by atoms with E-state index in [-0.39, 0.29) is 53.5 Å². The van der Waals surface area contributed by atoms with E-state index in [1.165, 1.54) is 96.7 Å². The summed E-state index contributed by atoms with van der Waals surface area (Å²) in [6.45, 7) is 1.83. The second-order valence-electron chi connectivity index (χ2n) is 17.5. The van der Waals surface area contributed by atoms with Crippen LogP contribution in [0.25, 0.3) is 11.1 Å². The second kappa shape index (κ2) is 29.6. The molecule has 3 rings (SSSR count). The minimum atomic E-state index is -1.71. The van der Waals surface area contributed by atoms with Crippen molar-refractivity contribution in [3.63, 3.8) is 0 Å². The predicted octanol–water partition coefficient (Wildman–Crippen LogP) is 2.72. The highest BCUT2D eigenvalue weighted by Gasteiger charge is 2.34. The molecule has 4 bridgehead atoms. The van der Waals surface area contributed by atoms with Crippen LogP contribution in [0.2, 0.25) is 0 Å². The number of hydrogen-bond acceptors (Lipinski definition) is 12. The quantitative estimate of drug-likeness (QED) is 0.0395. The van der Waals surface area contributed by atoms with Gasteiger partial charge in [0.2, 0.25) is 35.4 Å². The lowest BCUT2D eigenvalue weighted by Crippen LogP contribution is -2.59. The minimum Gasteiger partial charge on any atom is -0.507 e. The van der Waals surface area contributed by atoms with Crippen molar-refractivity contribution < 1.29 is 53.7 Å². The number of nitrogens with two attached hydrogens (primary N) is 1. The maximum atomic E-state index is 14.1. The average molecular weight is 951 g/mol. The first-order valence-corrected chi connectivity index (χ1v) is 24.0. The fourth-order valence-electron chi connectivity index (χ4n) is 8.03.